The van der Waals surface area contributed by atoms with E-state index in [0.29, 0.717) is 22.0 Å². The Bertz CT molecular complexity index is 1560. The fraction of sp³-hybridized carbons (Fsp3) is 0.241. The zero-order valence-corrected chi connectivity index (χ0v) is 21.3. The zero-order chi connectivity index (χ0) is 25.4. The van der Waals surface area contributed by atoms with Crippen LogP contribution in [0.5, 0.6) is 0 Å². The van der Waals surface area contributed by atoms with Crippen LogP contribution in [-0.2, 0) is 14.6 Å². The molecule has 5 rings (SSSR count). The van der Waals surface area contributed by atoms with Gasteiger partial charge in [-0.25, -0.2) is 8.42 Å². The first kappa shape index (κ1) is 24.0. The Morgan fingerprint density at radius 1 is 0.917 bits per heavy atom. The Morgan fingerprint density at radius 2 is 1.53 bits per heavy atom. The van der Waals surface area contributed by atoms with Gasteiger partial charge in [-0.15, -0.1) is 0 Å². The Kier molecular flexibility index (Phi) is 6.25. The topological polar surface area (TPSA) is 83.3 Å². The molecule has 2 unspecified atom stereocenters. The minimum atomic E-state index is -3.57. The highest BCUT2D eigenvalue weighted by Gasteiger charge is 2.24. The molecule has 1 aliphatic rings. The molecule has 1 fully saturated rings. The third-order valence-corrected chi connectivity index (χ3v) is 7.69. The lowest BCUT2D eigenvalue weighted by molar-refractivity contribution is -0.00521. The van der Waals surface area contributed by atoms with Crippen molar-refractivity contribution in [2.24, 2.45) is 0 Å². The van der Waals surface area contributed by atoms with Gasteiger partial charge < -0.3 is 9.64 Å². The highest BCUT2D eigenvalue weighted by molar-refractivity contribution is 7.91. The molecule has 1 aliphatic heterocycles. The molecular formula is C29H27N3O3S. The van der Waals surface area contributed by atoms with E-state index in [1.165, 1.54) is 6.26 Å². The van der Waals surface area contributed by atoms with Crippen LogP contribution in [-0.4, -0.2) is 45.0 Å². The molecule has 1 saturated heterocycles. The van der Waals surface area contributed by atoms with Crippen molar-refractivity contribution >= 4 is 26.4 Å². The van der Waals surface area contributed by atoms with Gasteiger partial charge in [0.25, 0.3) is 0 Å². The van der Waals surface area contributed by atoms with Gasteiger partial charge in [-0.2, -0.15) is 5.26 Å². The number of para-hydroxylation sites is 1. The Balaban J connectivity index is 1.61. The summed E-state index contributed by atoms with van der Waals surface area (Å²) >= 11 is 0. The van der Waals surface area contributed by atoms with Gasteiger partial charge in [-0.1, -0.05) is 42.5 Å². The van der Waals surface area contributed by atoms with Crippen molar-refractivity contribution in [2.75, 3.05) is 24.2 Å². The molecule has 3 aromatic carbocycles. The first-order valence-electron chi connectivity index (χ1n) is 11.9. The summed E-state index contributed by atoms with van der Waals surface area (Å²) in [7, 11) is -3.57. The molecule has 0 radical (unpaired) electrons. The van der Waals surface area contributed by atoms with E-state index < -0.39 is 9.84 Å². The van der Waals surface area contributed by atoms with Gasteiger partial charge in [0, 0.05) is 47.7 Å². The highest BCUT2D eigenvalue weighted by atomic mass is 32.2. The number of nitriles is 1. The first-order chi connectivity index (χ1) is 17.2. The summed E-state index contributed by atoms with van der Waals surface area (Å²) in [4.78, 5) is 7.29. The quantitative estimate of drug-likeness (QED) is 0.372. The van der Waals surface area contributed by atoms with Gasteiger partial charge in [-0.3, -0.25) is 4.98 Å². The second-order valence-electron chi connectivity index (χ2n) is 9.37. The summed E-state index contributed by atoms with van der Waals surface area (Å²) in [6, 6.07) is 22.9. The number of nitrogens with zero attached hydrogens (tertiary/aromatic N) is 3. The second-order valence-corrected chi connectivity index (χ2v) is 11.3. The second kappa shape index (κ2) is 9.38. The number of hydrogen-bond donors (Lipinski definition) is 0. The molecule has 2 heterocycles. The number of anilines is 1. The smallest absolute Gasteiger partial charge is 0.176 e. The molecule has 0 spiro atoms. The Labute approximate surface area is 211 Å². The predicted molar refractivity (Wildman–Crippen MR) is 143 cm³/mol. The number of benzene rings is 3. The largest absolute Gasteiger partial charge is 0.372 e. The summed E-state index contributed by atoms with van der Waals surface area (Å²) in [5, 5.41) is 9.69. The van der Waals surface area contributed by atoms with E-state index >= 15 is 0 Å². The summed E-state index contributed by atoms with van der Waals surface area (Å²) < 4.78 is 32.0. The SMILES string of the molecule is CC1CN(c2ccc(-c3cnc4c(-c5ccc(C#N)cc5)cccc4c3S(C)(=O)=O)cc2)CC(C)O1. The van der Waals surface area contributed by atoms with Gasteiger partial charge in [-0.05, 0) is 49.2 Å². The third-order valence-electron chi connectivity index (χ3n) is 6.51. The number of aromatic nitrogens is 1. The van der Waals surface area contributed by atoms with Crippen LogP contribution in [0.3, 0.4) is 0 Å². The van der Waals surface area contributed by atoms with Crippen molar-refractivity contribution in [3.8, 4) is 28.3 Å². The van der Waals surface area contributed by atoms with E-state index in [1.54, 1.807) is 24.4 Å². The molecular weight excluding hydrogens is 470 g/mol. The fourth-order valence-electron chi connectivity index (χ4n) is 5.00. The molecule has 7 heteroatoms. The summed E-state index contributed by atoms with van der Waals surface area (Å²) in [5.41, 5.74) is 5.33. The van der Waals surface area contributed by atoms with Gasteiger partial charge >= 0.3 is 0 Å². The minimum absolute atomic E-state index is 0.153. The number of pyridine rings is 1. The van der Waals surface area contributed by atoms with E-state index in [2.05, 4.69) is 24.8 Å². The maximum atomic E-state index is 13.1. The number of ether oxygens (including phenoxy) is 1. The number of morpholine rings is 1. The van der Waals surface area contributed by atoms with E-state index in [-0.39, 0.29) is 17.1 Å². The van der Waals surface area contributed by atoms with Crippen molar-refractivity contribution in [3.63, 3.8) is 0 Å². The number of hydrogen-bond acceptors (Lipinski definition) is 6. The van der Waals surface area contributed by atoms with Crippen LogP contribution in [0.2, 0.25) is 0 Å². The first-order valence-corrected chi connectivity index (χ1v) is 13.8. The van der Waals surface area contributed by atoms with Gasteiger partial charge in [0.05, 0.1) is 34.3 Å². The molecule has 0 N–H and O–H groups in total. The molecule has 1 aromatic heterocycles. The predicted octanol–water partition coefficient (Wildman–Crippen LogP) is 5.46. The standard InChI is InChI=1S/C29H27N3O3S/c1-19-17-32(18-20(2)35-19)24-13-11-23(12-14-24)27-16-31-28-25(22-9-7-21(15-30)8-10-22)5-4-6-26(28)29(27)36(3,33)34/h4-14,16,19-20H,17-18H2,1-3H3. The molecule has 0 bridgehead atoms. The van der Waals surface area contributed by atoms with Crippen molar-refractivity contribution in [1.29, 1.82) is 5.26 Å². The van der Waals surface area contributed by atoms with Crippen LogP contribution in [0, 0.1) is 11.3 Å². The van der Waals surface area contributed by atoms with E-state index in [1.807, 2.05) is 48.5 Å². The number of rotatable bonds is 4. The Hall–Kier alpha value is -3.73. The molecule has 0 saturated carbocycles. The highest BCUT2D eigenvalue weighted by Crippen LogP contribution is 2.37. The molecule has 36 heavy (non-hydrogen) atoms. The third kappa shape index (κ3) is 4.58. The van der Waals surface area contributed by atoms with Crippen LogP contribution in [0.1, 0.15) is 19.4 Å². The Morgan fingerprint density at radius 3 is 2.14 bits per heavy atom. The van der Waals surface area contributed by atoms with Crippen LogP contribution < -0.4 is 4.90 Å². The molecule has 182 valence electrons. The molecule has 4 aromatic rings. The van der Waals surface area contributed by atoms with Gasteiger partial charge in [0.15, 0.2) is 9.84 Å². The lowest BCUT2D eigenvalue weighted by atomic mass is 9.98. The summed E-state index contributed by atoms with van der Waals surface area (Å²) in [5.74, 6) is 0. The average molecular weight is 498 g/mol. The van der Waals surface area contributed by atoms with E-state index in [4.69, 9.17) is 15.0 Å². The maximum Gasteiger partial charge on any atom is 0.176 e. The maximum absolute atomic E-state index is 13.1. The zero-order valence-electron chi connectivity index (χ0n) is 20.5. The summed E-state index contributed by atoms with van der Waals surface area (Å²) in [6.45, 7) is 5.77. The fourth-order valence-corrected chi connectivity index (χ4v) is 6.14. The molecule has 2 atom stereocenters. The van der Waals surface area contributed by atoms with Crippen LogP contribution in [0.15, 0.2) is 77.8 Å². The summed E-state index contributed by atoms with van der Waals surface area (Å²) in [6.07, 6.45) is 3.20. The van der Waals surface area contributed by atoms with Crippen molar-refractivity contribution in [1.82, 2.24) is 4.98 Å². The van der Waals surface area contributed by atoms with Gasteiger partial charge in [0.1, 0.15) is 0 Å². The van der Waals surface area contributed by atoms with Crippen molar-refractivity contribution < 1.29 is 13.2 Å². The van der Waals surface area contributed by atoms with E-state index in [0.717, 1.165) is 35.5 Å². The van der Waals surface area contributed by atoms with Gasteiger partial charge in [0.2, 0.25) is 0 Å². The van der Waals surface area contributed by atoms with E-state index in [9.17, 15) is 8.42 Å². The monoisotopic (exact) mass is 497 g/mol. The lowest BCUT2D eigenvalue weighted by Crippen LogP contribution is -2.45. The molecule has 6 nitrogen and oxygen atoms in total. The normalized spacial score (nSPS) is 18.2. The lowest BCUT2D eigenvalue weighted by Gasteiger charge is -2.36. The number of fused-ring (bicyclic) bond motifs is 1. The molecule has 0 amide bonds. The minimum Gasteiger partial charge on any atom is -0.372 e. The van der Waals surface area contributed by atoms with Crippen LogP contribution in [0.25, 0.3) is 33.2 Å². The van der Waals surface area contributed by atoms with Crippen LogP contribution in [0.4, 0.5) is 5.69 Å². The molecule has 0 aliphatic carbocycles. The van der Waals surface area contributed by atoms with Crippen molar-refractivity contribution in [2.45, 2.75) is 31.0 Å². The number of sulfone groups is 1. The average Bonchev–Trinajstić information content (AvgIpc) is 2.86. The van der Waals surface area contributed by atoms with Crippen molar-refractivity contribution in [3.05, 3.63) is 78.5 Å². The van der Waals surface area contributed by atoms with Crippen LogP contribution >= 0.6 is 0 Å².